The number of nitrogens with one attached hydrogen (secondary N) is 1. The predicted octanol–water partition coefficient (Wildman–Crippen LogP) is 2.28. The first-order chi connectivity index (χ1) is 11.3. The van der Waals surface area contributed by atoms with E-state index in [1.165, 1.54) is 31.3 Å². The number of benzene rings is 2. The largest absolute Gasteiger partial charge is 0.279 e. The van der Waals surface area contributed by atoms with Crippen LogP contribution in [-0.2, 0) is 16.4 Å². The first-order valence-electron chi connectivity index (χ1n) is 7.42. The first-order valence-corrected chi connectivity index (χ1v) is 8.90. The summed E-state index contributed by atoms with van der Waals surface area (Å²) in [7, 11) is -2.48. The Morgan fingerprint density at radius 2 is 1.67 bits per heavy atom. The van der Waals surface area contributed by atoms with E-state index < -0.39 is 21.8 Å². The van der Waals surface area contributed by atoms with Gasteiger partial charge in [-0.05, 0) is 36.2 Å². The van der Waals surface area contributed by atoms with Crippen LogP contribution in [0, 0.1) is 0 Å². The fourth-order valence-corrected chi connectivity index (χ4v) is 3.67. The number of sulfonamides is 1. The van der Waals surface area contributed by atoms with E-state index in [1.54, 1.807) is 18.2 Å². The number of aryl methyl sites for hydroxylation is 1. The molecule has 2 amide bonds. The SMILES string of the molecule is CCc1ccc(S(=O)(=O)Nc2cccc3c2C(=O)N(C)C3=O)cc1. The summed E-state index contributed by atoms with van der Waals surface area (Å²) in [5.74, 6) is -0.960. The molecule has 2 aromatic rings. The fourth-order valence-electron chi connectivity index (χ4n) is 2.59. The van der Waals surface area contributed by atoms with E-state index in [0.29, 0.717) is 0 Å². The number of imide groups is 1. The van der Waals surface area contributed by atoms with Crippen LogP contribution < -0.4 is 4.72 Å². The van der Waals surface area contributed by atoms with E-state index in [1.807, 2.05) is 6.92 Å². The highest BCUT2D eigenvalue weighted by molar-refractivity contribution is 7.92. The number of anilines is 1. The van der Waals surface area contributed by atoms with Gasteiger partial charge in [-0.1, -0.05) is 25.1 Å². The molecule has 1 heterocycles. The number of carbonyl (C=O) groups is 2. The number of fused-ring (bicyclic) bond motifs is 1. The van der Waals surface area contributed by atoms with Crippen molar-refractivity contribution >= 4 is 27.5 Å². The number of nitrogens with zero attached hydrogens (tertiary/aromatic N) is 1. The molecule has 24 heavy (non-hydrogen) atoms. The number of amides is 2. The van der Waals surface area contributed by atoms with Gasteiger partial charge in [-0.2, -0.15) is 0 Å². The van der Waals surface area contributed by atoms with Crippen LogP contribution in [0.15, 0.2) is 47.4 Å². The van der Waals surface area contributed by atoms with Crippen molar-refractivity contribution in [1.29, 1.82) is 0 Å². The monoisotopic (exact) mass is 344 g/mol. The lowest BCUT2D eigenvalue weighted by Gasteiger charge is -2.11. The number of hydrogen-bond donors (Lipinski definition) is 1. The molecule has 0 atom stereocenters. The van der Waals surface area contributed by atoms with E-state index in [-0.39, 0.29) is 21.7 Å². The Labute approximate surface area is 140 Å². The van der Waals surface area contributed by atoms with Gasteiger partial charge in [0.25, 0.3) is 21.8 Å². The predicted molar refractivity (Wildman–Crippen MR) is 89.5 cm³/mol. The smallest absolute Gasteiger partial charge is 0.263 e. The van der Waals surface area contributed by atoms with Crippen LogP contribution in [0.3, 0.4) is 0 Å². The molecule has 1 aliphatic heterocycles. The number of carbonyl (C=O) groups excluding carboxylic acids is 2. The van der Waals surface area contributed by atoms with Crippen LogP contribution in [0.4, 0.5) is 5.69 Å². The third-order valence-corrected chi connectivity index (χ3v) is 5.39. The average molecular weight is 344 g/mol. The molecule has 0 unspecified atom stereocenters. The van der Waals surface area contributed by atoms with Gasteiger partial charge in [0.05, 0.1) is 21.7 Å². The molecule has 0 saturated carbocycles. The van der Waals surface area contributed by atoms with Crippen molar-refractivity contribution in [2.24, 2.45) is 0 Å². The van der Waals surface area contributed by atoms with Crippen LogP contribution in [-0.4, -0.2) is 32.2 Å². The normalized spacial score (nSPS) is 14.0. The van der Waals surface area contributed by atoms with Crippen LogP contribution >= 0.6 is 0 Å². The zero-order chi connectivity index (χ0) is 17.5. The molecule has 3 rings (SSSR count). The molecule has 0 radical (unpaired) electrons. The molecule has 7 heteroatoms. The van der Waals surface area contributed by atoms with Crippen molar-refractivity contribution < 1.29 is 18.0 Å². The molecular formula is C17H16N2O4S. The van der Waals surface area contributed by atoms with Gasteiger partial charge in [-0.15, -0.1) is 0 Å². The van der Waals surface area contributed by atoms with Gasteiger partial charge in [0.2, 0.25) is 0 Å². The molecule has 2 aromatic carbocycles. The van der Waals surface area contributed by atoms with E-state index in [9.17, 15) is 18.0 Å². The van der Waals surface area contributed by atoms with E-state index in [0.717, 1.165) is 16.9 Å². The van der Waals surface area contributed by atoms with Gasteiger partial charge in [0.15, 0.2) is 0 Å². The lowest BCUT2D eigenvalue weighted by molar-refractivity contribution is 0.0693. The fraction of sp³-hybridized carbons (Fsp3) is 0.176. The second kappa shape index (κ2) is 5.76. The summed E-state index contributed by atoms with van der Waals surface area (Å²) in [6.45, 7) is 1.98. The van der Waals surface area contributed by atoms with Crippen molar-refractivity contribution in [2.45, 2.75) is 18.2 Å². The Morgan fingerprint density at radius 3 is 2.29 bits per heavy atom. The van der Waals surface area contributed by atoms with Crippen molar-refractivity contribution in [3.05, 3.63) is 59.2 Å². The Kier molecular flexibility index (Phi) is 3.88. The quantitative estimate of drug-likeness (QED) is 0.863. The number of rotatable bonds is 4. The Balaban J connectivity index is 2.00. The highest BCUT2D eigenvalue weighted by atomic mass is 32.2. The van der Waals surface area contributed by atoms with E-state index in [4.69, 9.17) is 0 Å². The maximum absolute atomic E-state index is 12.5. The van der Waals surface area contributed by atoms with Crippen LogP contribution in [0.2, 0.25) is 0 Å². The molecule has 0 bridgehead atoms. The van der Waals surface area contributed by atoms with E-state index >= 15 is 0 Å². The summed E-state index contributed by atoms with van der Waals surface area (Å²) in [5, 5.41) is 0. The summed E-state index contributed by atoms with van der Waals surface area (Å²) in [5.41, 5.74) is 1.41. The van der Waals surface area contributed by atoms with Gasteiger partial charge in [0.1, 0.15) is 0 Å². The lowest BCUT2D eigenvalue weighted by atomic mass is 10.1. The average Bonchev–Trinajstić information content (AvgIpc) is 2.80. The summed E-state index contributed by atoms with van der Waals surface area (Å²) in [6, 6.07) is 11.0. The maximum Gasteiger partial charge on any atom is 0.263 e. The topological polar surface area (TPSA) is 83.6 Å². The van der Waals surface area contributed by atoms with Crippen LogP contribution in [0.25, 0.3) is 0 Å². The van der Waals surface area contributed by atoms with Crippen LogP contribution in [0.5, 0.6) is 0 Å². The molecule has 124 valence electrons. The summed E-state index contributed by atoms with van der Waals surface area (Å²) in [6.07, 6.45) is 0.808. The number of hydrogen-bond acceptors (Lipinski definition) is 4. The lowest BCUT2D eigenvalue weighted by Crippen LogP contribution is -2.24. The molecule has 0 aromatic heterocycles. The molecule has 0 saturated heterocycles. The van der Waals surface area contributed by atoms with Gasteiger partial charge >= 0.3 is 0 Å². The van der Waals surface area contributed by atoms with Crippen molar-refractivity contribution in [3.63, 3.8) is 0 Å². The molecule has 0 spiro atoms. The van der Waals surface area contributed by atoms with Gasteiger partial charge < -0.3 is 0 Å². The van der Waals surface area contributed by atoms with Gasteiger partial charge in [-0.25, -0.2) is 8.42 Å². The second-order valence-corrected chi connectivity index (χ2v) is 7.18. The summed E-state index contributed by atoms with van der Waals surface area (Å²) in [4.78, 5) is 25.3. The second-order valence-electron chi connectivity index (χ2n) is 5.50. The standard InChI is InChI=1S/C17H16N2O4S/c1-3-11-7-9-12(10-8-11)24(22,23)18-14-6-4-5-13-15(14)17(21)19(2)16(13)20/h4-10,18H,3H2,1-2H3. The minimum absolute atomic E-state index is 0.0822. The van der Waals surface area contributed by atoms with Gasteiger partial charge in [-0.3, -0.25) is 19.2 Å². The molecular weight excluding hydrogens is 328 g/mol. The zero-order valence-electron chi connectivity index (χ0n) is 13.2. The molecule has 0 fully saturated rings. The minimum atomic E-state index is -3.85. The van der Waals surface area contributed by atoms with Crippen molar-refractivity contribution in [3.8, 4) is 0 Å². The van der Waals surface area contributed by atoms with Gasteiger partial charge in [0, 0.05) is 7.05 Å². The molecule has 0 aliphatic carbocycles. The summed E-state index contributed by atoms with van der Waals surface area (Å²) < 4.78 is 27.5. The van der Waals surface area contributed by atoms with Crippen LogP contribution in [0.1, 0.15) is 33.2 Å². The summed E-state index contributed by atoms with van der Waals surface area (Å²) >= 11 is 0. The highest BCUT2D eigenvalue weighted by Gasteiger charge is 2.35. The minimum Gasteiger partial charge on any atom is -0.279 e. The maximum atomic E-state index is 12.5. The van der Waals surface area contributed by atoms with Crippen molar-refractivity contribution in [1.82, 2.24) is 4.90 Å². The first kappa shape index (κ1) is 16.2. The third kappa shape index (κ3) is 2.56. The molecule has 6 nitrogen and oxygen atoms in total. The zero-order valence-corrected chi connectivity index (χ0v) is 14.1. The molecule has 1 aliphatic rings. The Morgan fingerprint density at radius 1 is 1.00 bits per heavy atom. The molecule has 1 N–H and O–H groups in total. The van der Waals surface area contributed by atoms with E-state index in [2.05, 4.69) is 4.72 Å². The third-order valence-electron chi connectivity index (χ3n) is 4.00. The Bertz CT molecular complexity index is 934. The highest BCUT2D eigenvalue weighted by Crippen LogP contribution is 2.30. The van der Waals surface area contributed by atoms with Crippen molar-refractivity contribution in [2.75, 3.05) is 11.8 Å². The Hall–Kier alpha value is -2.67.